The molecule has 1 unspecified atom stereocenters. The molecule has 4 nitrogen and oxygen atoms in total. The zero-order valence-corrected chi connectivity index (χ0v) is 19.2. The number of rotatable bonds is 8. The summed E-state index contributed by atoms with van der Waals surface area (Å²) in [5.41, 5.74) is 3.68. The maximum atomic E-state index is 6.00. The van der Waals surface area contributed by atoms with Crippen LogP contribution in [0.4, 0.5) is 0 Å². The van der Waals surface area contributed by atoms with E-state index in [1.54, 1.807) is 11.8 Å². The van der Waals surface area contributed by atoms with Gasteiger partial charge in [0.2, 0.25) is 0 Å². The Morgan fingerprint density at radius 3 is 2.27 bits per heavy atom. The summed E-state index contributed by atoms with van der Waals surface area (Å²) in [7, 11) is -1.62. The van der Waals surface area contributed by atoms with E-state index >= 15 is 0 Å². The van der Waals surface area contributed by atoms with E-state index in [0.29, 0.717) is 6.73 Å². The average Bonchev–Trinajstić information content (AvgIpc) is 2.77. The molecule has 1 atom stereocenters. The standard InChI is InChI=1S/C20H32N2O2SSi/c1-9-19-20(25-18-11-14(2)10-15(3)12-18)22(16(4)21-19)13-23-17(5)24-26(6,7)8/h10-12,17H,9,13H2,1-8H3. The SMILES string of the molecule is CCc1nc(C)n(COC(C)O[Si](C)(C)C)c1Sc1cc(C)cc(C)c1. The van der Waals surface area contributed by atoms with Gasteiger partial charge in [-0.25, -0.2) is 4.98 Å². The van der Waals surface area contributed by atoms with Gasteiger partial charge in [0.1, 0.15) is 23.9 Å². The molecule has 0 N–H and O–H groups in total. The molecule has 0 aliphatic rings. The van der Waals surface area contributed by atoms with Crippen molar-refractivity contribution in [3.63, 3.8) is 0 Å². The van der Waals surface area contributed by atoms with Gasteiger partial charge in [-0.15, -0.1) is 0 Å². The monoisotopic (exact) mass is 392 g/mol. The summed E-state index contributed by atoms with van der Waals surface area (Å²) in [5, 5.41) is 1.16. The normalized spacial score (nSPS) is 13.2. The van der Waals surface area contributed by atoms with Crippen molar-refractivity contribution in [2.24, 2.45) is 0 Å². The number of ether oxygens (including phenoxy) is 1. The van der Waals surface area contributed by atoms with Gasteiger partial charge in [0.25, 0.3) is 0 Å². The fraction of sp³-hybridized carbons (Fsp3) is 0.550. The van der Waals surface area contributed by atoms with Gasteiger partial charge in [0.05, 0.1) is 5.69 Å². The van der Waals surface area contributed by atoms with Crippen LogP contribution in [0.3, 0.4) is 0 Å². The third-order valence-electron chi connectivity index (χ3n) is 3.88. The predicted molar refractivity (Wildman–Crippen MR) is 111 cm³/mol. The molecule has 0 fully saturated rings. The predicted octanol–water partition coefficient (Wildman–Crippen LogP) is 5.69. The number of hydrogen-bond acceptors (Lipinski definition) is 4. The van der Waals surface area contributed by atoms with Gasteiger partial charge in [0.15, 0.2) is 8.32 Å². The van der Waals surface area contributed by atoms with Crippen LogP contribution in [0.25, 0.3) is 0 Å². The minimum atomic E-state index is -1.62. The van der Waals surface area contributed by atoms with Crippen LogP contribution in [0, 0.1) is 20.8 Å². The Labute approximate surface area is 163 Å². The molecule has 0 saturated carbocycles. The highest BCUT2D eigenvalue weighted by Crippen LogP contribution is 2.33. The molecule has 2 aromatic rings. The number of benzene rings is 1. The summed E-state index contributed by atoms with van der Waals surface area (Å²) in [5.74, 6) is 0.980. The lowest BCUT2D eigenvalue weighted by Gasteiger charge is -2.24. The largest absolute Gasteiger partial charge is 0.393 e. The van der Waals surface area contributed by atoms with Crippen LogP contribution in [0.15, 0.2) is 28.1 Å². The lowest BCUT2D eigenvalue weighted by molar-refractivity contribution is -0.103. The van der Waals surface area contributed by atoms with E-state index < -0.39 is 8.32 Å². The molecule has 1 aromatic heterocycles. The fourth-order valence-electron chi connectivity index (χ4n) is 2.92. The first-order chi connectivity index (χ1) is 12.1. The molecular weight excluding hydrogens is 360 g/mol. The van der Waals surface area contributed by atoms with Crippen LogP contribution in [-0.4, -0.2) is 24.2 Å². The number of hydrogen-bond donors (Lipinski definition) is 0. The minimum Gasteiger partial charge on any atom is -0.393 e. The topological polar surface area (TPSA) is 36.3 Å². The van der Waals surface area contributed by atoms with Crippen LogP contribution >= 0.6 is 11.8 Å². The van der Waals surface area contributed by atoms with Gasteiger partial charge >= 0.3 is 0 Å². The zero-order valence-electron chi connectivity index (χ0n) is 17.3. The number of nitrogens with zero attached hydrogens (tertiary/aromatic N) is 2. The fourth-order valence-corrected chi connectivity index (χ4v) is 5.30. The lowest BCUT2D eigenvalue weighted by atomic mass is 10.2. The van der Waals surface area contributed by atoms with Gasteiger partial charge in [-0.1, -0.05) is 24.8 Å². The first-order valence-electron chi connectivity index (χ1n) is 9.20. The first-order valence-corrected chi connectivity index (χ1v) is 13.4. The molecule has 1 heterocycles. The Hall–Kier alpha value is -1.08. The van der Waals surface area contributed by atoms with Crippen molar-refractivity contribution in [3.8, 4) is 0 Å². The Kier molecular flexibility index (Phi) is 7.13. The highest BCUT2D eigenvalue weighted by molar-refractivity contribution is 7.99. The molecule has 0 amide bonds. The van der Waals surface area contributed by atoms with E-state index in [-0.39, 0.29) is 6.29 Å². The molecule has 0 radical (unpaired) electrons. The van der Waals surface area contributed by atoms with Gasteiger partial charge in [-0.3, -0.25) is 4.57 Å². The summed E-state index contributed by atoms with van der Waals surface area (Å²) in [6, 6.07) is 6.65. The van der Waals surface area contributed by atoms with Crippen molar-refractivity contribution < 1.29 is 9.16 Å². The average molecular weight is 393 g/mol. The van der Waals surface area contributed by atoms with Gasteiger partial charge in [-0.05, 0) is 77.0 Å². The van der Waals surface area contributed by atoms with Crippen molar-refractivity contribution in [2.75, 3.05) is 0 Å². The summed E-state index contributed by atoms with van der Waals surface area (Å²) in [6.45, 7) is 17.4. The first kappa shape index (κ1) is 21.2. The molecule has 144 valence electrons. The molecule has 0 spiro atoms. The molecule has 0 aliphatic carbocycles. The molecule has 6 heteroatoms. The van der Waals surface area contributed by atoms with Gasteiger partial charge < -0.3 is 9.16 Å². The molecule has 2 rings (SSSR count). The van der Waals surface area contributed by atoms with Crippen LogP contribution in [0.5, 0.6) is 0 Å². The number of aromatic nitrogens is 2. The van der Waals surface area contributed by atoms with Crippen molar-refractivity contribution in [2.45, 2.75) is 83.6 Å². The highest BCUT2D eigenvalue weighted by Gasteiger charge is 2.20. The summed E-state index contributed by atoms with van der Waals surface area (Å²) in [6.07, 6.45) is 0.690. The highest BCUT2D eigenvalue weighted by atomic mass is 32.2. The maximum absolute atomic E-state index is 6.00. The second-order valence-corrected chi connectivity index (χ2v) is 13.2. The molecule has 0 bridgehead atoms. The van der Waals surface area contributed by atoms with Crippen molar-refractivity contribution in [1.82, 2.24) is 9.55 Å². The van der Waals surface area contributed by atoms with Gasteiger partial charge in [0, 0.05) is 4.90 Å². The number of imidazole rings is 1. The molecule has 0 saturated heterocycles. The third kappa shape index (κ3) is 5.98. The Bertz CT molecular complexity index is 733. The third-order valence-corrected chi connectivity index (χ3v) is 6.04. The lowest BCUT2D eigenvalue weighted by Crippen LogP contribution is -2.32. The van der Waals surface area contributed by atoms with E-state index in [1.165, 1.54) is 16.0 Å². The maximum Gasteiger partial charge on any atom is 0.187 e. The summed E-state index contributed by atoms with van der Waals surface area (Å²) in [4.78, 5) is 5.99. The van der Waals surface area contributed by atoms with Crippen LogP contribution < -0.4 is 0 Å². The van der Waals surface area contributed by atoms with Crippen molar-refractivity contribution in [3.05, 3.63) is 40.8 Å². The zero-order chi connectivity index (χ0) is 19.5. The Morgan fingerprint density at radius 2 is 1.73 bits per heavy atom. The molecule has 26 heavy (non-hydrogen) atoms. The second kappa shape index (κ2) is 8.74. The summed E-state index contributed by atoms with van der Waals surface area (Å²) >= 11 is 1.77. The van der Waals surface area contributed by atoms with Crippen LogP contribution in [0.1, 0.15) is 36.5 Å². The quantitative estimate of drug-likeness (QED) is 0.427. The van der Waals surface area contributed by atoms with E-state index in [9.17, 15) is 0 Å². The summed E-state index contributed by atoms with van der Waals surface area (Å²) < 4.78 is 14.1. The molecule has 0 aliphatic heterocycles. The second-order valence-electron chi connectivity index (χ2n) is 7.71. The van der Waals surface area contributed by atoms with E-state index in [1.807, 2.05) is 13.8 Å². The van der Waals surface area contributed by atoms with E-state index in [2.05, 4.69) is 63.2 Å². The molecular formula is C20H32N2O2SSi. The van der Waals surface area contributed by atoms with Crippen molar-refractivity contribution >= 4 is 20.1 Å². The number of aryl methyl sites for hydroxylation is 4. The van der Waals surface area contributed by atoms with Crippen LogP contribution in [0.2, 0.25) is 19.6 Å². The minimum absolute atomic E-state index is 0.215. The smallest absolute Gasteiger partial charge is 0.187 e. The van der Waals surface area contributed by atoms with E-state index in [4.69, 9.17) is 14.1 Å². The van der Waals surface area contributed by atoms with Crippen molar-refractivity contribution in [1.29, 1.82) is 0 Å². The van der Waals surface area contributed by atoms with Crippen LogP contribution in [-0.2, 0) is 22.3 Å². The Morgan fingerprint density at radius 1 is 1.12 bits per heavy atom. The van der Waals surface area contributed by atoms with Gasteiger partial charge in [-0.2, -0.15) is 0 Å². The van der Waals surface area contributed by atoms with E-state index in [0.717, 1.165) is 23.0 Å². The Balaban J connectivity index is 2.22. The molecule has 1 aromatic carbocycles.